The third kappa shape index (κ3) is 6.04. The van der Waals surface area contributed by atoms with Crippen molar-refractivity contribution in [2.24, 2.45) is 17.3 Å². The Bertz CT molecular complexity index is 866. The summed E-state index contributed by atoms with van der Waals surface area (Å²) in [6, 6.07) is 5.90. The van der Waals surface area contributed by atoms with Gasteiger partial charge in [-0.2, -0.15) is 8.42 Å². The van der Waals surface area contributed by atoms with Gasteiger partial charge in [0.25, 0.3) is 0 Å². The Hall–Kier alpha value is -1.52. The molecule has 4 atom stereocenters. The van der Waals surface area contributed by atoms with Crippen molar-refractivity contribution >= 4 is 16.2 Å². The maximum Gasteiger partial charge on any atom is 0.394 e. The second kappa shape index (κ2) is 9.95. The lowest BCUT2D eigenvalue weighted by molar-refractivity contribution is -0.129. The molecule has 1 aliphatic heterocycles. The minimum Gasteiger partial charge on any atom is -0.508 e. The minimum atomic E-state index is -4.67. The van der Waals surface area contributed by atoms with Crippen molar-refractivity contribution in [2.45, 2.75) is 51.4 Å². The summed E-state index contributed by atoms with van der Waals surface area (Å²) in [4.78, 5) is 12.3. The maximum absolute atomic E-state index is 12.3. The van der Waals surface area contributed by atoms with Gasteiger partial charge < -0.3 is 15.7 Å². The van der Waals surface area contributed by atoms with Gasteiger partial charge >= 0.3 is 10.4 Å². The number of ketones is 1. The van der Waals surface area contributed by atoms with Gasteiger partial charge in [0, 0.05) is 38.0 Å². The number of piperazine rings is 1. The highest BCUT2D eigenvalue weighted by atomic mass is 32.3. The van der Waals surface area contributed by atoms with Gasteiger partial charge in [-0.25, -0.2) is 0 Å². The van der Waals surface area contributed by atoms with E-state index >= 15 is 0 Å². The molecule has 5 N–H and O–H groups in total. The monoisotopic (exact) mass is 454 g/mol. The lowest BCUT2D eigenvalue weighted by Crippen LogP contribution is -2.42. The molecular formula is C22H34N2O6S. The summed E-state index contributed by atoms with van der Waals surface area (Å²) in [6.45, 7) is 6.77. The summed E-state index contributed by atoms with van der Waals surface area (Å²) in [6.07, 6.45) is 6.34. The van der Waals surface area contributed by atoms with Crippen molar-refractivity contribution in [3.8, 4) is 5.75 Å². The minimum absolute atomic E-state index is 0.0322. The molecule has 0 radical (unpaired) electrons. The quantitative estimate of drug-likeness (QED) is 0.377. The lowest BCUT2D eigenvalue weighted by atomic mass is 9.55. The van der Waals surface area contributed by atoms with E-state index in [1.54, 1.807) is 0 Å². The van der Waals surface area contributed by atoms with E-state index in [1.165, 1.54) is 17.5 Å². The number of fused-ring (bicyclic) bond motifs is 5. The standard InChI is InChI=1S/C18H22O2.C4H10N2.H2O4S/c1-18-9-8-14-13-5-3-12(19)10-11(13)2-4-15(14)16(18)6-7-17(18)20;1-2-6-4-3-5-1;1-5(2,3)4/h3,5,10,14-16,19H,2,4,6-9H2,1H3;5-6H,1-4H2;(H2,1,2,3,4)/t14-,15-,16+,18+;;/m1../s1. The topological polar surface area (TPSA) is 136 Å². The fourth-order valence-corrected chi connectivity index (χ4v) is 5.94. The predicted molar refractivity (Wildman–Crippen MR) is 118 cm³/mol. The lowest BCUT2D eigenvalue weighted by Gasteiger charge is -2.48. The van der Waals surface area contributed by atoms with Crippen molar-refractivity contribution in [3.05, 3.63) is 29.3 Å². The second-order valence-corrected chi connectivity index (χ2v) is 10.1. The van der Waals surface area contributed by atoms with Gasteiger partial charge in [0.2, 0.25) is 0 Å². The van der Waals surface area contributed by atoms with Crippen molar-refractivity contribution < 1.29 is 27.4 Å². The van der Waals surface area contributed by atoms with Crippen LogP contribution in [0.15, 0.2) is 18.2 Å². The average molecular weight is 455 g/mol. The Morgan fingerprint density at radius 3 is 2.19 bits per heavy atom. The molecular weight excluding hydrogens is 420 g/mol. The van der Waals surface area contributed by atoms with Gasteiger partial charge in [-0.05, 0) is 73.1 Å². The molecule has 1 aromatic carbocycles. The van der Waals surface area contributed by atoms with E-state index < -0.39 is 10.4 Å². The zero-order valence-electron chi connectivity index (χ0n) is 18.0. The largest absolute Gasteiger partial charge is 0.508 e. The molecule has 2 saturated carbocycles. The van der Waals surface area contributed by atoms with Crippen LogP contribution in [0.5, 0.6) is 5.75 Å². The van der Waals surface area contributed by atoms with Crippen LogP contribution >= 0.6 is 0 Å². The molecule has 3 fully saturated rings. The van der Waals surface area contributed by atoms with Gasteiger partial charge in [0.1, 0.15) is 11.5 Å². The number of carbonyl (C=O) groups excluding carboxylic acids is 1. The molecule has 4 aliphatic rings. The highest BCUT2D eigenvalue weighted by molar-refractivity contribution is 7.79. The smallest absolute Gasteiger partial charge is 0.394 e. The molecule has 5 rings (SSSR count). The van der Waals surface area contributed by atoms with Crippen LogP contribution in [0.2, 0.25) is 0 Å². The Labute approximate surface area is 184 Å². The number of phenols is 1. The average Bonchev–Trinajstić information content (AvgIpc) is 3.03. The van der Waals surface area contributed by atoms with E-state index in [0.29, 0.717) is 29.3 Å². The Morgan fingerprint density at radius 1 is 1.00 bits per heavy atom. The normalized spacial score (nSPS) is 31.7. The van der Waals surface area contributed by atoms with E-state index in [2.05, 4.69) is 23.6 Å². The second-order valence-electron chi connectivity index (χ2n) is 9.16. The van der Waals surface area contributed by atoms with E-state index in [9.17, 15) is 9.90 Å². The summed E-state index contributed by atoms with van der Waals surface area (Å²) < 4.78 is 31.6. The summed E-state index contributed by atoms with van der Waals surface area (Å²) >= 11 is 0. The van der Waals surface area contributed by atoms with E-state index in [4.69, 9.17) is 17.5 Å². The molecule has 174 valence electrons. The number of benzene rings is 1. The van der Waals surface area contributed by atoms with Crippen LogP contribution < -0.4 is 10.6 Å². The summed E-state index contributed by atoms with van der Waals surface area (Å²) in [5.74, 6) is 2.78. The maximum atomic E-state index is 12.3. The fraction of sp³-hybridized carbons (Fsp3) is 0.682. The first-order valence-electron chi connectivity index (χ1n) is 11.1. The number of Topliss-reactive ketones (excluding diaryl/α,β-unsaturated/α-hetero) is 1. The van der Waals surface area contributed by atoms with Gasteiger partial charge in [0.05, 0.1) is 0 Å². The van der Waals surface area contributed by atoms with Crippen molar-refractivity contribution in [1.29, 1.82) is 0 Å². The zero-order valence-corrected chi connectivity index (χ0v) is 18.8. The first-order valence-corrected chi connectivity index (χ1v) is 12.5. The molecule has 9 heteroatoms. The molecule has 1 saturated heterocycles. The number of rotatable bonds is 0. The number of aromatic hydroxyl groups is 1. The Morgan fingerprint density at radius 2 is 1.61 bits per heavy atom. The molecule has 0 bridgehead atoms. The van der Waals surface area contributed by atoms with E-state index in [1.807, 2.05) is 12.1 Å². The van der Waals surface area contributed by atoms with E-state index in [-0.39, 0.29) is 5.41 Å². The molecule has 0 spiro atoms. The molecule has 1 aromatic rings. The summed E-state index contributed by atoms with van der Waals surface area (Å²) in [7, 11) is -4.67. The Balaban J connectivity index is 0.000000205. The van der Waals surface area contributed by atoms with Gasteiger partial charge in [0.15, 0.2) is 0 Å². The van der Waals surface area contributed by atoms with Crippen LogP contribution in [0.1, 0.15) is 56.1 Å². The highest BCUT2D eigenvalue weighted by Gasteiger charge is 2.54. The van der Waals surface area contributed by atoms with Crippen LogP contribution in [0.4, 0.5) is 0 Å². The zero-order chi connectivity index (χ0) is 22.6. The first-order chi connectivity index (χ1) is 14.6. The van der Waals surface area contributed by atoms with Crippen LogP contribution in [-0.2, 0) is 21.6 Å². The van der Waals surface area contributed by atoms with Crippen LogP contribution in [0.25, 0.3) is 0 Å². The van der Waals surface area contributed by atoms with E-state index in [0.717, 1.165) is 58.3 Å². The summed E-state index contributed by atoms with van der Waals surface area (Å²) in [5, 5.41) is 16.1. The van der Waals surface area contributed by atoms with Crippen LogP contribution in [0.3, 0.4) is 0 Å². The Kier molecular flexibility index (Phi) is 7.75. The fourth-order valence-electron chi connectivity index (χ4n) is 5.94. The number of hydrogen-bond donors (Lipinski definition) is 5. The van der Waals surface area contributed by atoms with Gasteiger partial charge in [-0.15, -0.1) is 0 Å². The van der Waals surface area contributed by atoms with Gasteiger partial charge in [-0.1, -0.05) is 13.0 Å². The third-order valence-corrected chi connectivity index (χ3v) is 7.38. The van der Waals surface area contributed by atoms with Gasteiger partial charge in [-0.3, -0.25) is 13.9 Å². The summed E-state index contributed by atoms with van der Waals surface area (Å²) in [5.41, 5.74) is 2.75. The predicted octanol–water partition coefficient (Wildman–Crippen LogP) is 2.34. The molecule has 1 heterocycles. The molecule has 8 nitrogen and oxygen atoms in total. The number of nitrogens with one attached hydrogen (secondary N) is 2. The van der Waals surface area contributed by atoms with Crippen molar-refractivity contribution in [3.63, 3.8) is 0 Å². The van der Waals surface area contributed by atoms with Crippen molar-refractivity contribution in [2.75, 3.05) is 26.2 Å². The molecule has 31 heavy (non-hydrogen) atoms. The first kappa shape index (κ1) is 24.1. The number of hydrogen-bond acceptors (Lipinski definition) is 6. The number of aryl methyl sites for hydroxylation is 1. The SMILES string of the molecule is C1CNCCN1.C[C@]12CC[C@@H]3c4ccc(O)cc4CC[C@H]3[C@@H]1CCC2=O.O=S(=O)(O)O. The van der Waals surface area contributed by atoms with Crippen LogP contribution in [0, 0.1) is 17.3 Å². The third-order valence-electron chi connectivity index (χ3n) is 7.38. The molecule has 0 aromatic heterocycles. The molecule has 0 unspecified atom stereocenters. The molecule has 3 aliphatic carbocycles. The van der Waals surface area contributed by atoms with Crippen molar-refractivity contribution in [1.82, 2.24) is 10.6 Å². The number of carbonyl (C=O) groups is 1. The highest BCUT2D eigenvalue weighted by Crippen LogP contribution is 2.59. The number of phenolic OH excluding ortho intramolecular Hbond substituents is 1. The molecule has 0 amide bonds. The van der Waals surface area contributed by atoms with Crippen LogP contribution in [-0.4, -0.2) is 54.6 Å².